The molecule has 1 fully saturated rings. The molecule has 0 saturated heterocycles. The normalized spacial score (nSPS) is 24.1. The number of hydrogen-bond acceptors (Lipinski definition) is 2. The average Bonchev–Trinajstić information content (AvgIpc) is 2.38. The van der Waals surface area contributed by atoms with Crippen LogP contribution in [0.5, 0.6) is 0 Å². The molecule has 2 unspecified atom stereocenters. The number of rotatable bonds is 2. The highest BCUT2D eigenvalue weighted by atomic mass is 15.1. The molecule has 2 rings (SSSR count). The van der Waals surface area contributed by atoms with Crippen LogP contribution in [-0.2, 0) is 0 Å². The summed E-state index contributed by atoms with van der Waals surface area (Å²) < 4.78 is 0. The van der Waals surface area contributed by atoms with Crippen molar-refractivity contribution >= 4 is 5.69 Å². The predicted octanol–water partition coefficient (Wildman–Crippen LogP) is 3.57. The monoisotopic (exact) mass is 228 g/mol. The Morgan fingerprint density at radius 3 is 2.88 bits per heavy atom. The molecule has 1 aromatic rings. The number of nitriles is 1. The molecule has 0 spiro atoms. The van der Waals surface area contributed by atoms with Crippen LogP contribution in [0, 0.1) is 17.2 Å². The molecule has 0 amide bonds. The minimum Gasteiger partial charge on any atom is -0.372 e. The first kappa shape index (κ1) is 12.0. The van der Waals surface area contributed by atoms with Gasteiger partial charge in [-0.15, -0.1) is 0 Å². The molecule has 1 aliphatic carbocycles. The second-order valence-electron chi connectivity index (χ2n) is 5.20. The molecule has 1 aromatic carbocycles. The van der Waals surface area contributed by atoms with Crippen molar-refractivity contribution < 1.29 is 0 Å². The highest BCUT2D eigenvalue weighted by molar-refractivity contribution is 5.51. The van der Waals surface area contributed by atoms with Gasteiger partial charge < -0.3 is 4.90 Å². The summed E-state index contributed by atoms with van der Waals surface area (Å²) in [7, 11) is 2.15. The number of benzene rings is 1. The zero-order chi connectivity index (χ0) is 12.3. The molecule has 1 saturated carbocycles. The van der Waals surface area contributed by atoms with Gasteiger partial charge in [0.1, 0.15) is 0 Å². The topological polar surface area (TPSA) is 27.0 Å². The van der Waals surface area contributed by atoms with Crippen LogP contribution in [0.4, 0.5) is 5.69 Å². The van der Waals surface area contributed by atoms with Crippen molar-refractivity contribution in [3.63, 3.8) is 0 Å². The second-order valence-corrected chi connectivity index (χ2v) is 5.20. The van der Waals surface area contributed by atoms with Crippen LogP contribution < -0.4 is 4.90 Å². The first-order valence-electron chi connectivity index (χ1n) is 6.43. The summed E-state index contributed by atoms with van der Waals surface area (Å²) >= 11 is 0. The minimum atomic E-state index is 0.632. The summed E-state index contributed by atoms with van der Waals surface area (Å²) in [6.45, 7) is 2.34. The van der Waals surface area contributed by atoms with Gasteiger partial charge in [-0.05, 0) is 37.0 Å². The van der Waals surface area contributed by atoms with Gasteiger partial charge in [0.2, 0.25) is 0 Å². The van der Waals surface area contributed by atoms with E-state index in [4.69, 9.17) is 5.26 Å². The molecular weight excluding hydrogens is 208 g/mol. The van der Waals surface area contributed by atoms with Crippen LogP contribution in [0.25, 0.3) is 0 Å². The molecule has 90 valence electrons. The van der Waals surface area contributed by atoms with Crippen LogP contribution in [-0.4, -0.2) is 13.1 Å². The Bertz CT molecular complexity index is 419. The molecule has 0 bridgehead atoms. The molecule has 0 radical (unpaired) electrons. The summed E-state index contributed by atoms with van der Waals surface area (Å²) in [4.78, 5) is 2.34. The Labute approximate surface area is 104 Å². The van der Waals surface area contributed by atoms with Crippen LogP contribution >= 0.6 is 0 Å². The smallest absolute Gasteiger partial charge is 0.0992 e. The number of nitrogens with zero attached hydrogens (tertiary/aromatic N) is 2. The molecule has 0 aliphatic heterocycles. The molecule has 1 aliphatic rings. The van der Waals surface area contributed by atoms with Crippen molar-refractivity contribution in [1.82, 2.24) is 0 Å². The van der Waals surface area contributed by atoms with Gasteiger partial charge >= 0.3 is 0 Å². The summed E-state index contributed by atoms with van der Waals surface area (Å²) in [5.74, 6) is 0.829. The van der Waals surface area contributed by atoms with Crippen LogP contribution in [0.1, 0.15) is 38.2 Å². The Morgan fingerprint density at radius 2 is 2.18 bits per heavy atom. The Morgan fingerprint density at radius 1 is 1.35 bits per heavy atom. The van der Waals surface area contributed by atoms with Crippen LogP contribution in [0.15, 0.2) is 24.3 Å². The number of anilines is 1. The summed E-state index contributed by atoms with van der Waals surface area (Å²) in [5.41, 5.74) is 1.92. The third kappa shape index (κ3) is 2.79. The maximum absolute atomic E-state index is 8.93. The molecular formula is C15H20N2. The molecule has 2 heteroatoms. The summed E-state index contributed by atoms with van der Waals surface area (Å²) in [6, 6.07) is 10.8. The lowest BCUT2D eigenvalue weighted by Crippen LogP contribution is -2.35. The molecule has 0 N–H and O–H groups in total. The lowest BCUT2D eigenvalue weighted by Gasteiger charge is -2.35. The maximum atomic E-state index is 8.93. The molecule has 2 nitrogen and oxygen atoms in total. The van der Waals surface area contributed by atoms with Gasteiger partial charge in [0.05, 0.1) is 11.6 Å². The van der Waals surface area contributed by atoms with Gasteiger partial charge in [-0.25, -0.2) is 0 Å². The zero-order valence-corrected chi connectivity index (χ0v) is 10.7. The van der Waals surface area contributed by atoms with Crippen molar-refractivity contribution in [2.24, 2.45) is 5.92 Å². The third-order valence-corrected chi connectivity index (χ3v) is 3.84. The SMILES string of the molecule is CC1CCCC(N(C)c2cccc(C#N)c2)C1. The molecule has 0 heterocycles. The van der Waals surface area contributed by atoms with E-state index in [1.807, 2.05) is 18.2 Å². The quantitative estimate of drug-likeness (QED) is 0.773. The zero-order valence-electron chi connectivity index (χ0n) is 10.7. The first-order valence-corrected chi connectivity index (χ1v) is 6.43. The largest absolute Gasteiger partial charge is 0.372 e. The van der Waals surface area contributed by atoms with E-state index < -0.39 is 0 Å². The van der Waals surface area contributed by atoms with E-state index in [0.717, 1.165) is 11.5 Å². The van der Waals surface area contributed by atoms with E-state index in [0.29, 0.717) is 6.04 Å². The third-order valence-electron chi connectivity index (χ3n) is 3.84. The van der Waals surface area contributed by atoms with E-state index in [2.05, 4.69) is 31.0 Å². The average molecular weight is 228 g/mol. The predicted molar refractivity (Wildman–Crippen MR) is 71.0 cm³/mol. The van der Waals surface area contributed by atoms with Gasteiger partial charge in [0.25, 0.3) is 0 Å². The van der Waals surface area contributed by atoms with Crippen molar-refractivity contribution in [1.29, 1.82) is 5.26 Å². The van der Waals surface area contributed by atoms with Crippen molar-refractivity contribution in [3.8, 4) is 6.07 Å². The fourth-order valence-electron chi connectivity index (χ4n) is 2.76. The van der Waals surface area contributed by atoms with E-state index in [1.54, 1.807) is 0 Å². The molecule has 2 atom stereocenters. The molecule has 0 aromatic heterocycles. The maximum Gasteiger partial charge on any atom is 0.0992 e. The summed E-state index contributed by atoms with van der Waals surface area (Å²) in [6.07, 6.45) is 5.24. The lowest BCUT2D eigenvalue weighted by atomic mass is 9.86. The van der Waals surface area contributed by atoms with E-state index >= 15 is 0 Å². The fourth-order valence-corrected chi connectivity index (χ4v) is 2.76. The first-order chi connectivity index (χ1) is 8.20. The number of hydrogen-bond donors (Lipinski definition) is 0. The van der Waals surface area contributed by atoms with E-state index in [-0.39, 0.29) is 0 Å². The summed E-state index contributed by atoms with van der Waals surface area (Å²) in [5, 5.41) is 8.93. The molecule has 17 heavy (non-hydrogen) atoms. The second kappa shape index (κ2) is 5.23. The highest BCUT2D eigenvalue weighted by Crippen LogP contribution is 2.29. The Kier molecular flexibility index (Phi) is 3.68. The standard InChI is InChI=1S/C15H20N2/c1-12-5-3-7-14(9-12)17(2)15-8-4-6-13(10-15)11-16/h4,6,8,10,12,14H,3,5,7,9H2,1-2H3. The van der Waals surface area contributed by atoms with E-state index in [1.165, 1.54) is 31.4 Å². The van der Waals surface area contributed by atoms with Crippen LogP contribution in [0.3, 0.4) is 0 Å². The Balaban J connectivity index is 2.13. The minimum absolute atomic E-state index is 0.632. The Hall–Kier alpha value is -1.49. The lowest BCUT2D eigenvalue weighted by molar-refractivity contribution is 0.336. The fraction of sp³-hybridized carbons (Fsp3) is 0.533. The van der Waals surface area contributed by atoms with Gasteiger partial charge in [-0.2, -0.15) is 5.26 Å². The van der Waals surface area contributed by atoms with E-state index in [9.17, 15) is 0 Å². The van der Waals surface area contributed by atoms with Crippen LogP contribution in [0.2, 0.25) is 0 Å². The van der Waals surface area contributed by atoms with Gasteiger partial charge in [0, 0.05) is 18.8 Å². The van der Waals surface area contributed by atoms with Gasteiger partial charge in [-0.3, -0.25) is 0 Å². The van der Waals surface area contributed by atoms with Crippen molar-refractivity contribution in [2.75, 3.05) is 11.9 Å². The van der Waals surface area contributed by atoms with Crippen molar-refractivity contribution in [2.45, 2.75) is 38.6 Å². The highest BCUT2D eigenvalue weighted by Gasteiger charge is 2.22. The van der Waals surface area contributed by atoms with Crippen molar-refractivity contribution in [3.05, 3.63) is 29.8 Å². The van der Waals surface area contributed by atoms with Gasteiger partial charge in [-0.1, -0.05) is 25.8 Å². The van der Waals surface area contributed by atoms with Gasteiger partial charge in [0.15, 0.2) is 0 Å².